The number of nitrogens with zero attached hydrogens (tertiary/aromatic N) is 1. The van der Waals surface area contributed by atoms with Crippen LogP contribution in [-0.2, 0) is 11.2 Å². The highest BCUT2D eigenvalue weighted by atomic mass is 16.5. The molecular formula is C37H43NO2. The van der Waals surface area contributed by atoms with Gasteiger partial charge in [0.05, 0.1) is 0 Å². The Labute approximate surface area is 240 Å². The van der Waals surface area contributed by atoms with E-state index in [-0.39, 0.29) is 24.2 Å². The maximum Gasteiger partial charge on any atom is 0.172 e. The highest BCUT2D eigenvalue weighted by Crippen LogP contribution is 2.35. The number of carbonyl (C=O) groups is 1. The number of benzene rings is 3. The van der Waals surface area contributed by atoms with Gasteiger partial charge in [-0.1, -0.05) is 106 Å². The molecule has 1 heterocycles. The summed E-state index contributed by atoms with van der Waals surface area (Å²) in [5.74, 6) is 1.18. The Morgan fingerprint density at radius 3 is 2.23 bits per heavy atom. The Bertz CT molecular complexity index is 1270. The van der Waals surface area contributed by atoms with Gasteiger partial charge >= 0.3 is 0 Å². The van der Waals surface area contributed by atoms with Gasteiger partial charge < -0.3 is 9.64 Å². The molecule has 40 heavy (non-hydrogen) atoms. The van der Waals surface area contributed by atoms with Gasteiger partial charge in [-0.15, -0.1) is 0 Å². The van der Waals surface area contributed by atoms with Crippen LogP contribution in [0.25, 0.3) is 0 Å². The van der Waals surface area contributed by atoms with Gasteiger partial charge in [-0.05, 0) is 72.6 Å². The number of hydrogen-bond donors (Lipinski definition) is 0. The van der Waals surface area contributed by atoms with Crippen LogP contribution in [0.2, 0.25) is 0 Å². The van der Waals surface area contributed by atoms with Crippen LogP contribution in [0, 0.1) is 5.92 Å². The minimum absolute atomic E-state index is 0.0460. The van der Waals surface area contributed by atoms with E-state index in [0.717, 1.165) is 44.4 Å². The van der Waals surface area contributed by atoms with Crippen molar-refractivity contribution in [2.24, 2.45) is 5.92 Å². The van der Waals surface area contributed by atoms with Gasteiger partial charge in [0.25, 0.3) is 0 Å². The van der Waals surface area contributed by atoms with E-state index in [1.165, 1.54) is 28.0 Å². The molecule has 1 atom stereocenters. The Morgan fingerprint density at radius 2 is 1.57 bits per heavy atom. The third-order valence-electron chi connectivity index (χ3n) is 7.65. The molecular weight excluding hydrogens is 490 g/mol. The maximum absolute atomic E-state index is 12.1. The van der Waals surface area contributed by atoms with Gasteiger partial charge in [0.2, 0.25) is 0 Å². The van der Waals surface area contributed by atoms with E-state index < -0.39 is 0 Å². The van der Waals surface area contributed by atoms with Crippen LogP contribution < -0.4 is 4.74 Å². The quantitative estimate of drug-likeness (QED) is 0.194. The number of ketones is 1. The van der Waals surface area contributed by atoms with Crippen molar-refractivity contribution in [1.29, 1.82) is 0 Å². The third-order valence-corrected chi connectivity index (χ3v) is 7.65. The predicted octanol–water partition coefficient (Wildman–Crippen LogP) is 8.89. The number of rotatable bonds is 14. The first-order valence-corrected chi connectivity index (χ1v) is 14.8. The number of ether oxygens (including phenoxy) is 1. The van der Waals surface area contributed by atoms with Crippen molar-refractivity contribution in [3.8, 4) is 5.75 Å². The Balaban J connectivity index is 1.41. The number of carbonyl (C=O) groups excluding carboxylic acids is 1. The molecule has 1 aliphatic heterocycles. The molecule has 0 amide bonds. The average molecular weight is 534 g/mol. The lowest BCUT2D eigenvalue weighted by Crippen LogP contribution is -2.22. The van der Waals surface area contributed by atoms with E-state index in [4.69, 9.17) is 4.74 Å². The van der Waals surface area contributed by atoms with Crippen LogP contribution in [-0.4, -0.2) is 23.8 Å². The molecule has 1 unspecified atom stereocenters. The second-order valence-corrected chi connectivity index (χ2v) is 10.6. The van der Waals surface area contributed by atoms with Gasteiger partial charge in [-0.3, -0.25) is 4.79 Å². The van der Waals surface area contributed by atoms with Gasteiger partial charge in [0.1, 0.15) is 12.4 Å². The number of unbranched alkanes of at least 4 members (excludes halogenated alkanes) is 1. The fraction of sp³-hybridized carbons (Fsp3) is 0.324. The largest absolute Gasteiger partial charge is 0.486 e. The van der Waals surface area contributed by atoms with Crippen LogP contribution in [0.4, 0.5) is 0 Å². The van der Waals surface area contributed by atoms with Gasteiger partial charge in [-0.25, -0.2) is 0 Å². The normalized spacial score (nSPS) is 14.8. The van der Waals surface area contributed by atoms with Gasteiger partial charge in [0.15, 0.2) is 5.78 Å². The summed E-state index contributed by atoms with van der Waals surface area (Å²) in [4.78, 5) is 14.6. The van der Waals surface area contributed by atoms with Gasteiger partial charge in [-0.2, -0.15) is 0 Å². The molecule has 0 radical (unpaired) electrons. The molecule has 0 spiro atoms. The fourth-order valence-corrected chi connectivity index (χ4v) is 5.13. The predicted molar refractivity (Wildman–Crippen MR) is 166 cm³/mol. The van der Waals surface area contributed by atoms with E-state index in [2.05, 4.69) is 109 Å². The number of hydrogen-bond acceptors (Lipinski definition) is 3. The molecule has 3 aromatic carbocycles. The summed E-state index contributed by atoms with van der Waals surface area (Å²) in [5.41, 5.74) is 6.44. The smallest absolute Gasteiger partial charge is 0.172 e. The minimum atomic E-state index is 0.0460. The number of allylic oxidation sites excluding steroid dienone is 4. The zero-order valence-electron chi connectivity index (χ0n) is 24.3. The first-order chi connectivity index (χ1) is 19.6. The standard InChI is InChI=1S/C37H43NO2/c1-4-15-34-24-23-33(37(31-18-8-6-9-19-31)32-20-10-7-11-21-32)27-38(34)25-13-12-16-30-17-14-22-35(26-30)40-28-36(39)29(3)5-2/h6-11,14-15,17-24,26-27,29,37H,4-5,12-13,16,25,28H2,1-3H3/b34-15-. The van der Waals surface area contributed by atoms with Crippen molar-refractivity contribution >= 4 is 5.78 Å². The third kappa shape index (κ3) is 8.08. The van der Waals surface area contributed by atoms with E-state index in [9.17, 15) is 4.79 Å². The molecule has 0 fully saturated rings. The van der Waals surface area contributed by atoms with E-state index in [1.54, 1.807) is 0 Å². The second kappa shape index (κ2) is 15.1. The molecule has 3 heteroatoms. The van der Waals surface area contributed by atoms with E-state index in [1.807, 2.05) is 26.0 Å². The Morgan fingerprint density at radius 1 is 0.875 bits per heavy atom. The van der Waals surface area contributed by atoms with E-state index in [0.29, 0.717) is 0 Å². The molecule has 0 bridgehead atoms. The molecule has 0 aliphatic carbocycles. The molecule has 0 aromatic heterocycles. The highest BCUT2D eigenvalue weighted by Gasteiger charge is 2.21. The number of aryl methyl sites for hydroxylation is 1. The molecule has 208 valence electrons. The van der Waals surface area contributed by atoms with Crippen molar-refractivity contribution < 1.29 is 9.53 Å². The van der Waals surface area contributed by atoms with Crippen molar-refractivity contribution in [2.45, 2.75) is 58.8 Å². The van der Waals surface area contributed by atoms with Crippen LogP contribution in [0.15, 0.2) is 121 Å². The minimum Gasteiger partial charge on any atom is -0.486 e. The van der Waals surface area contributed by atoms with E-state index >= 15 is 0 Å². The summed E-state index contributed by atoms with van der Waals surface area (Å²) in [6.07, 6.45) is 14.2. The average Bonchev–Trinajstić information content (AvgIpc) is 3.00. The van der Waals surface area contributed by atoms with Crippen LogP contribution in [0.3, 0.4) is 0 Å². The molecule has 3 nitrogen and oxygen atoms in total. The molecule has 0 saturated carbocycles. The summed E-state index contributed by atoms with van der Waals surface area (Å²) in [6.45, 7) is 7.31. The monoisotopic (exact) mass is 533 g/mol. The van der Waals surface area contributed by atoms with Crippen molar-refractivity contribution in [2.75, 3.05) is 13.2 Å². The van der Waals surface area contributed by atoms with Gasteiger partial charge in [0, 0.05) is 30.3 Å². The summed E-state index contributed by atoms with van der Waals surface area (Å²) >= 11 is 0. The maximum atomic E-state index is 12.1. The first-order valence-electron chi connectivity index (χ1n) is 14.8. The van der Waals surface area contributed by atoms with Crippen molar-refractivity contribution in [3.63, 3.8) is 0 Å². The van der Waals surface area contributed by atoms with Crippen LogP contribution >= 0.6 is 0 Å². The lowest BCUT2D eigenvalue weighted by molar-refractivity contribution is -0.124. The lowest BCUT2D eigenvalue weighted by Gasteiger charge is -2.30. The first kappa shape index (κ1) is 29.1. The lowest BCUT2D eigenvalue weighted by atomic mass is 9.84. The topological polar surface area (TPSA) is 29.5 Å². The summed E-state index contributed by atoms with van der Waals surface area (Å²) in [5, 5.41) is 0. The van der Waals surface area contributed by atoms with Crippen LogP contribution in [0.5, 0.6) is 5.75 Å². The zero-order chi connectivity index (χ0) is 28.2. The van der Waals surface area contributed by atoms with Crippen molar-refractivity contribution in [1.82, 2.24) is 4.90 Å². The van der Waals surface area contributed by atoms with Crippen molar-refractivity contribution in [3.05, 3.63) is 137 Å². The number of Topliss-reactive ketones (excluding diaryl/α,β-unsaturated/α-hetero) is 1. The summed E-state index contributed by atoms with van der Waals surface area (Å²) in [7, 11) is 0. The molecule has 4 rings (SSSR count). The molecule has 1 aliphatic rings. The summed E-state index contributed by atoms with van der Waals surface area (Å²) in [6, 6.07) is 29.8. The Hall–Kier alpha value is -3.85. The zero-order valence-corrected chi connectivity index (χ0v) is 24.3. The molecule has 0 N–H and O–H groups in total. The van der Waals surface area contributed by atoms with Crippen LogP contribution in [0.1, 0.15) is 69.1 Å². The second-order valence-electron chi connectivity index (χ2n) is 10.6. The molecule has 3 aromatic rings. The SMILES string of the molecule is CC/C=C1/C=CC(C(c2ccccc2)c2ccccc2)=CN1CCCCc1cccc(OCC(=O)C(C)CC)c1. The highest BCUT2D eigenvalue weighted by molar-refractivity contribution is 5.82. The summed E-state index contributed by atoms with van der Waals surface area (Å²) < 4.78 is 5.80. The molecule has 0 saturated heterocycles. The Kier molecular flexibility index (Phi) is 11.0. The fourth-order valence-electron chi connectivity index (χ4n) is 5.13.